The molecule has 0 aliphatic carbocycles. The van der Waals surface area contributed by atoms with E-state index < -0.39 is 5.97 Å². The second-order valence-corrected chi connectivity index (χ2v) is 5.12. The molecule has 0 saturated heterocycles. The Hall–Kier alpha value is -2.56. The van der Waals surface area contributed by atoms with Crippen LogP contribution in [0.3, 0.4) is 0 Å². The van der Waals surface area contributed by atoms with Crippen LogP contribution in [0.1, 0.15) is 41.3 Å². The molecule has 23 heavy (non-hydrogen) atoms. The van der Waals surface area contributed by atoms with Gasteiger partial charge in [-0.25, -0.2) is 4.79 Å². The van der Waals surface area contributed by atoms with Crippen LogP contribution in [0, 0.1) is 12.3 Å². The van der Waals surface area contributed by atoms with E-state index in [1.165, 1.54) is 0 Å². The van der Waals surface area contributed by atoms with Crippen LogP contribution >= 0.6 is 0 Å². The largest absolute Gasteiger partial charge is 0.508 e. The summed E-state index contributed by atoms with van der Waals surface area (Å²) >= 11 is 0. The molecule has 1 aromatic rings. The Kier molecular flexibility index (Phi) is 7.06. The highest BCUT2D eigenvalue weighted by molar-refractivity contribution is 6.00. The van der Waals surface area contributed by atoms with Crippen LogP contribution in [0.15, 0.2) is 30.9 Å². The number of phenols is 2. The molecule has 5 heteroatoms. The van der Waals surface area contributed by atoms with Crippen LogP contribution in [-0.4, -0.2) is 28.5 Å². The molecule has 3 N–H and O–H groups in total. The van der Waals surface area contributed by atoms with Gasteiger partial charge < -0.3 is 20.4 Å². The van der Waals surface area contributed by atoms with E-state index in [-0.39, 0.29) is 35.8 Å². The van der Waals surface area contributed by atoms with Gasteiger partial charge in [0.15, 0.2) is 0 Å². The molecule has 0 aromatic heterocycles. The van der Waals surface area contributed by atoms with Gasteiger partial charge in [-0.05, 0) is 37.0 Å². The fourth-order valence-electron chi connectivity index (χ4n) is 2.07. The molecule has 1 aromatic carbocycles. The van der Waals surface area contributed by atoms with Crippen LogP contribution in [0.4, 0.5) is 0 Å². The second kappa shape index (κ2) is 8.78. The summed E-state index contributed by atoms with van der Waals surface area (Å²) in [6.45, 7) is 7.31. The molecule has 0 amide bonds. The van der Waals surface area contributed by atoms with Crippen molar-refractivity contribution in [1.29, 1.82) is 5.41 Å². The van der Waals surface area contributed by atoms with Gasteiger partial charge in [0, 0.05) is 18.2 Å². The highest BCUT2D eigenvalue weighted by Gasteiger charge is 2.22. The average molecular weight is 317 g/mol. The molecular formula is C18H23NO4. The van der Waals surface area contributed by atoms with Gasteiger partial charge in [0.2, 0.25) is 0 Å². The minimum absolute atomic E-state index is 0.000916. The van der Waals surface area contributed by atoms with Crippen molar-refractivity contribution in [3.8, 4) is 11.5 Å². The Labute approximate surface area is 136 Å². The predicted octanol–water partition coefficient (Wildman–Crippen LogP) is 3.67. The first-order valence-corrected chi connectivity index (χ1v) is 7.48. The highest BCUT2D eigenvalue weighted by Crippen LogP contribution is 2.33. The van der Waals surface area contributed by atoms with Gasteiger partial charge in [0.25, 0.3) is 0 Å². The summed E-state index contributed by atoms with van der Waals surface area (Å²) < 4.78 is 5.11. The summed E-state index contributed by atoms with van der Waals surface area (Å²) in [6, 6.07) is 1.12. The Morgan fingerprint density at radius 2 is 2.09 bits per heavy atom. The minimum atomic E-state index is -0.672. The molecule has 0 saturated carbocycles. The lowest BCUT2D eigenvalue weighted by Gasteiger charge is -2.15. The van der Waals surface area contributed by atoms with Crippen molar-refractivity contribution < 1.29 is 19.7 Å². The van der Waals surface area contributed by atoms with Gasteiger partial charge in [0.05, 0.1) is 6.61 Å². The lowest BCUT2D eigenvalue weighted by Crippen LogP contribution is -2.13. The topological polar surface area (TPSA) is 90.6 Å². The number of hydrogen-bond donors (Lipinski definition) is 3. The number of allylic oxidation sites excluding steroid dienone is 2. The molecule has 5 nitrogen and oxygen atoms in total. The summed E-state index contributed by atoms with van der Waals surface area (Å²) in [7, 11) is 0. The third-order valence-corrected chi connectivity index (χ3v) is 3.35. The SMILES string of the molecule is C=CCCOC(=O)c1c(O)cc(O)c(C)c1CC(=N)/C=C/CC. The first-order valence-electron chi connectivity index (χ1n) is 7.48. The van der Waals surface area contributed by atoms with Crippen molar-refractivity contribution >= 4 is 11.7 Å². The van der Waals surface area contributed by atoms with Crippen molar-refractivity contribution in [3.05, 3.63) is 47.6 Å². The zero-order valence-electron chi connectivity index (χ0n) is 13.6. The van der Waals surface area contributed by atoms with Crippen LogP contribution in [0.5, 0.6) is 11.5 Å². The van der Waals surface area contributed by atoms with E-state index in [4.69, 9.17) is 10.1 Å². The number of esters is 1. The second-order valence-electron chi connectivity index (χ2n) is 5.12. The van der Waals surface area contributed by atoms with E-state index in [1.807, 2.05) is 13.0 Å². The van der Waals surface area contributed by atoms with E-state index in [2.05, 4.69) is 6.58 Å². The number of aromatic hydroxyl groups is 2. The van der Waals surface area contributed by atoms with Crippen molar-refractivity contribution in [2.24, 2.45) is 0 Å². The molecule has 0 aliphatic rings. The monoisotopic (exact) mass is 317 g/mol. The predicted molar refractivity (Wildman–Crippen MR) is 90.5 cm³/mol. The van der Waals surface area contributed by atoms with E-state index in [9.17, 15) is 15.0 Å². The number of carbonyl (C=O) groups is 1. The van der Waals surface area contributed by atoms with Crippen LogP contribution < -0.4 is 0 Å². The van der Waals surface area contributed by atoms with E-state index in [0.29, 0.717) is 17.5 Å². The smallest absolute Gasteiger partial charge is 0.342 e. The minimum Gasteiger partial charge on any atom is -0.508 e. The molecule has 124 valence electrons. The molecule has 0 unspecified atom stereocenters. The normalized spacial score (nSPS) is 10.7. The summed E-state index contributed by atoms with van der Waals surface area (Å²) in [6.07, 6.45) is 6.53. The quantitative estimate of drug-likeness (QED) is 0.295. The first kappa shape index (κ1) is 18.5. The molecule has 0 spiro atoms. The number of nitrogens with one attached hydrogen (secondary N) is 1. The summed E-state index contributed by atoms with van der Waals surface area (Å²) in [5.41, 5.74) is 1.13. The van der Waals surface area contributed by atoms with Gasteiger partial charge in [-0.3, -0.25) is 0 Å². The number of carbonyl (C=O) groups excluding carboxylic acids is 1. The van der Waals surface area contributed by atoms with Crippen molar-refractivity contribution in [3.63, 3.8) is 0 Å². The fourth-order valence-corrected chi connectivity index (χ4v) is 2.07. The number of rotatable bonds is 8. The lowest BCUT2D eigenvalue weighted by atomic mass is 9.95. The number of benzene rings is 1. The maximum atomic E-state index is 12.2. The molecule has 0 bridgehead atoms. The molecular weight excluding hydrogens is 294 g/mol. The van der Waals surface area contributed by atoms with Gasteiger partial charge >= 0.3 is 5.97 Å². The highest BCUT2D eigenvalue weighted by atomic mass is 16.5. The number of phenolic OH excluding ortho intramolecular Hbond substituents is 2. The zero-order chi connectivity index (χ0) is 17.4. The van der Waals surface area contributed by atoms with Gasteiger partial charge in [-0.1, -0.05) is 19.1 Å². The maximum Gasteiger partial charge on any atom is 0.342 e. The third-order valence-electron chi connectivity index (χ3n) is 3.35. The van der Waals surface area contributed by atoms with Crippen molar-refractivity contribution in [2.75, 3.05) is 6.61 Å². The first-order chi connectivity index (χ1) is 10.9. The summed E-state index contributed by atoms with van der Waals surface area (Å²) in [5.74, 6) is -1.14. The molecule has 0 heterocycles. The average Bonchev–Trinajstić information content (AvgIpc) is 2.50. The van der Waals surface area contributed by atoms with Crippen molar-refractivity contribution in [2.45, 2.75) is 33.1 Å². The lowest BCUT2D eigenvalue weighted by molar-refractivity contribution is 0.0507. The third kappa shape index (κ3) is 4.98. The maximum absolute atomic E-state index is 12.2. The van der Waals surface area contributed by atoms with E-state index in [1.54, 1.807) is 19.1 Å². The number of ether oxygens (including phenoxy) is 1. The van der Waals surface area contributed by atoms with Gasteiger partial charge in [-0.2, -0.15) is 0 Å². The molecule has 0 fully saturated rings. The molecule has 1 rings (SSSR count). The van der Waals surface area contributed by atoms with Gasteiger partial charge in [0.1, 0.15) is 17.1 Å². The van der Waals surface area contributed by atoms with Gasteiger partial charge in [-0.15, -0.1) is 6.58 Å². The Morgan fingerprint density at radius 1 is 1.39 bits per heavy atom. The molecule has 0 atom stereocenters. The number of hydrogen-bond acceptors (Lipinski definition) is 5. The van der Waals surface area contributed by atoms with Crippen LogP contribution in [0.25, 0.3) is 0 Å². The summed E-state index contributed by atoms with van der Waals surface area (Å²) in [5, 5.41) is 27.9. The van der Waals surface area contributed by atoms with E-state index >= 15 is 0 Å². The van der Waals surface area contributed by atoms with Crippen LogP contribution in [0.2, 0.25) is 0 Å². The van der Waals surface area contributed by atoms with E-state index in [0.717, 1.165) is 12.5 Å². The standard InChI is InChI=1S/C18H23NO4/c1-4-6-8-13(19)10-14-12(3)15(20)11-16(21)17(14)18(22)23-9-7-5-2/h5-6,8,11,19-21H,2,4,7,9-10H2,1,3H3/b8-6+,19-13?. The molecule has 0 radical (unpaired) electrons. The Balaban J connectivity index is 3.19. The fraction of sp³-hybridized carbons (Fsp3) is 0.333. The Bertz CT molecular complexity index is 632. The van der Waals surface area contributed by atoms with Crippen LogP contribution in [-0.2, 0) is 11.2 Å². The summed E-state index contributed by atoms with van der Waals surface area (Å²) in [4.78, 5) is 12.2. The van der Waals surface area contributed by atoms with Crippen molar-refractivity contribution in [1.82, 2.24) is 0 Å². The Morgan fingerprint density at radius 3 is 2.70 bits per heavy atom. The molecule has 0 aliphatic heterocycles. The zero-order valence-corrected chi connectivity index (χ0v) is 13.6.